The number of nitrogens with one attached hydrogen (secondary N) is 2. The lowest BCUT2D eigenvalue weighted by Crippen LogP contribution is -2.40. The number of furan rings is 1. The lowest BCUT2D eigenvalue weighted by molar-refractivity contribution is 0.0991. The highest BCUT2D eigenvalue weighted by Crippen LogP contribution is 2.18. The Morgan fingerprint density at radius 1 is 1.08 bits per heavy atom. The van der Waals surface area contributed by atoms with Crippen molar-refractivity contribution < 1.29 is 17.6 Å². The van der Waals surface area contributed by atoms with E-state index in [0.29, 0.717) is 5.69 Å². The van der Waals surface area contributed by atoms with Gasteiger partial charge >= 0.3 is 0 Å². The normalized spacial score (nSPS) is 12.2. The van der Waals surface area contributed by atoms with E-state index in [1.54, 1.807) is 20.8 Å². The van der Waals surface area contributed by atoms with Crippen molar-refractivity contribution >= 4 is 21.6 Å². The van der Waals surface area contributed by atoms with Crippen LogP contribution in [0.5, 0.6) is 0 Å². The van der Waals surface area contributed by atoms with Crippen molar-refractivity contribution in [1.29, 1.82) is 0 Å². The van der Waals surface area contributed by atoms with E-state index in [1.807, 2.05) is 24.3 Å². The second-order valence-corrected chi connectivity index (χ2v) is 8.84. The van der Waals surface area contributed by atoms with Gasteiger partial charge in [-0.15, -0.1) is 0 Å². The van der Waals surface area contributed by atoms with Crippen LogP contribution in [0.4, 0.5) is 5.69 Å². The topological polar surface area (TPSA) is 88.4 Å². The van der Waals surface area contributed by atoms with Gasteiger partial charge in [0.15, 0.2) is 5.76 Å². The Kier molecular flexibility index (Phi) is 6.26. The van der Waals surface area contributed by atoms with Crippen molar-refractivity contribution in [3.05, 3.63) is 47.7 Å². The van der Waals surface area contributed by atoms with Gasteiger partial charge in [-0.3, -0.25) is 4.79 Å². The summed E-state index contributed by atoms with van der Waals surface area (Å²) >= 11 is 0. The van der Waals surface area contributed by atoms with E-state index in [0.717, 1.165) is 19.3 Å². The molecule has 2 aromatic rings. The number of carbonyl (C=O) groups is 1. The van der Waals surface area contributed by atoms with Crippen LogP contribution in [0.25, 0.3) is 0 Å². The van der Waals surface area contributed by atoms with Crippen LogP contribution in [-0.2, 0) is 16.4 Å². The van der Waals surface area contributed by atoms with Gasteiger partial charge in [0.1, 0.15) is 0 Å². The van der Waals surface area contributed by atoms with Gasteiger partial charge in [-0.1, -0.05) is 25.5 Å². The molecule has 7 heteroatoms. The third kappa shape index (κ3) is 5.71. The van der Waals surface area contributed by atoms with E-state index >= 15 is 0 Å². The molecule has 1 aromatic heterocycles. The zero-order valence-electron chi connectivity index (χ0n) is 15.6. The maximum atomic E-state index is 12.3. The summed E-state index contributed by atoms with van der Waals surface area (Å²) in [6.45, 7) is 7.32. The van der Waals surface area contributed by atoms with E-state index in [2.05, 4.69) is 17.0 Å². The van der Waals surface area contributed by atoms with Gasteiger partial charge in [0.2, 0.25) is 5.09 Å². The number of hydrogen-bond donors (Lipinski definition) is 2. The van der Waals surface area contributed by atoms with Crippen molar-refractivity contribution in [3.63, 3.8) is 0 Å². The second-order valence-electron chi connectivity index (χ2n) is 7.23. The summed E-state index contributed by atoms with van der Waals surface area (Å²) in [5.41, 5.74) is 1.20. The molecule has 0 unspecified atom stereocenters. The van der Waals surface area contributed by atoms with Crippen molar-refractivity contribution in [2.45, 2.75) is 57.6 Å². The Labute approximate surface area is 155 Å². The quantitative estimate of drug-likeness (QED) is 0.763. The molecule has 6 nitrogen and oxygen atoms in total. The molecule has 26 heavy (non-hydrogen) atoms. The molecule has 0 saturated carbocycles. The SMILES string of the molecule is CCCCc1ccc(NC(=O)c2ccc(S(=O)(=O)NC(C)(C)C)o2)cc1. The number of amides is 1. The molecule has 0 radical (unpaired) electrons. The average molecular weight is 378 g/mol. The Morgan fingerprint density at radius 3 is 2.31 bits per heavy atom. The van der Waals surface area contributed by atoms with Gasteiger partial charge in [-0.25, -0.2) is 13.1 Å². The Hall–Kier alpha value is -2.12. The molecule has 0 atom stereocenters. The summed E-state index contributed by atoms with van der Waals surface area (Å²) in [6.07, 6.45) is 3.26. The predicted molar refractivity (Wildman–Crippen MR) is 102 cm³/mol. The van der Waals surface area contributed by atoms with E-state index in [-0.39, 0.29) is 10.9 Å². The number of hydrogen-bond acceptors (Lipinski definition) is 4. The molecule has 0 fully saturated rings. The van der Waals surface area contributed by atoms with E-state index < -0.39 is 21.5 Å². The van der Waals surface area contributed by atoms with Gasteiger partial charge in [-0.2, -0.15) is 0 Å². The smallest absolute Gasteiger partial charge is 0.291 e. The fraction of sp³-hybridized carbons (Fsp3) is 0.421. The third-order valence-corrected chi connectivity index (χ3v) is 5.17. The summed E-state index contributed by atoms with van der Waals surface area (Å²) in [7, 11) is -3.81. The van der Waals surface area contributed by atoms with Crippen LogP contribution < -0.4 is 10.0 Å². The molecular formula is C19H26N2O4S. The van der Waals surface area contributed by atoms with Crippen molar-refractivity contribution in [2.75, 3.05) is 5.32 Å². The number of carbonyl (C=O) groups excluding carboxylic acids is 1. The van der Waals surface area contributed by atoms with Crippen LogP contribution in [0, 0.1) is 0 Å². The first-order valence-electron chi connectivity index (χ1n) is 8.65. The number of aryl methyl sites for hydroxylation is 1. The van der Waals surface area contributed by atoms with Gasteiger partial charge < -0.3 is 9.73 Å². The van der Waals surface area contributed by atoms with Crippen LogP contribution in [0.1, 0.15) is 56.7 Å². The van der Waals surface area contributed by atoms with E-state index in [4.69, 9.17) is 4.42 Å². The molecule has 1 aromatic carbocycles. The lowest BCUT2D eigenvalue weighted by Gasteiger charge is -2.18. The predicted octanol–water partition coefficient (Wildman–Crippen LogP) is 3.95. The van der Waals surface area contributed by atoms with Gasteiger partial charge in [0, 0.05) is 11.2 Å². The van der Waals surface area contributed by atoms with Crippen molar-refractivity contribution in [1.82, 2.24) is 4.72 Å². The summed E-state index contributed by atoms with van der Waals surface area (Å²) in [6, 6.07) is 10.2. The summed E-state index contributed by atoms with van der Waals surface area (Å²) in [5, 5.41) is 2.42. The van der Waals surface area contributed by atoms with Crippen molar-refractivity contribution in [3.8, 4) is 0 Å². The first kappa shape index (κ1) is 20.2. The van der Waals surface area contributed by atoms with Gasteiger partial charge in [0.05, 0.1) is 0 Å². The Morgan fingerprint density at radius 2 is 1.73 bits per heavy atom. The minimum atomic E-state index is -3.81. The molecule has 0 spiro atoms. The molecular weight excluding hydrogens is 352 g/mol. The monoisotopic (exact) mass is 378 g/mol. The first-order valence-corrected chi connectivity index (χ1v) is 10.1. The van der Waals surface area contributed by atoms with Crippen LogP contribution in [0.3, 0.4) is 0 Å². The lowest BCUT2D eigenvalue weighted by atomic mass is 10.1. The minimum Gasteiger partial charge on any atom is -0.438 e. The molecule has 0 saturated heterocycles. The summed E-state index contributed by atoms with van der Waals surface area (Å²) in [5.74, 6) is -0.558. The maximum absolute atomic E-state index is 12.3. The molecule has 2 N–H and O–H groups in total. The van der Waals surface area contributed by atoms with Crippen LogP contribution >= 0.6 is 0 Å². The fourth-order valence-electron chi connectivity index (χ4n) is 2.37. The Bertz CT molecular complexity index is 846. The highest BCUT2D eigenvalue weighted by atomic mass is 32.2. The third-order valence-electron chi connectivity index (χ3n) is 3.54. The van der Waals surface area contributed by atoms with E-state index in [1.165, 1.54) is 17.7 Å². The van der Waals surface area contributed by atoms with E-state index in [9.17, 15) is 13.2 Å². The van der Waals surface area contributed by atoms with Gasteiger partial charge in [0.25, 0.3) is 15.9 Å². The standard InChI is InChI=1S/C19H26N2O4S/c1-5-6-7-14-8-10-15(11-9-14)20-18(22)16-12-13-17(25-16)26(23,24)21-19(2,3)4/h8-13,21H,5-7H2,1-4H3,(H,20,22). The molecule has 142 valence electrons. The molecule has 0 bridgehead atoms. The number of unbranched alkanes of at least 4 members (excludes halogenated alkanes) is 1. The highest BCUT2D eigenvalue weighted by Gasteiger charge is 2.26. The summed E-state index contributed by atoms with van der Waals surface area (Å²) < 4.78 is 32.2. The minimum absolute atomic E-state index is 0.0608. The number of sulfonamides is 1. The summed E-state index contributed by atoms with van der Waals surface area (Å²) in [4.78, 5) is 12.3. The van der Waals surface area contributed by atoms with Crippen LogP contribution in [-0.4, -0.2) is 19.9 Å². The number of rotatable bonds is 7. The van der Waals surface area contributed by atoms with Crippen LogP contribution in [0.2, 0.25) is 0 Å². The average Bonchev–Trinajstić information content (AvgIpc) is 3.03. The number of benzene rings is 1. The van der Waals surface area contributed by atoms with Crippen molar-refractivity contribution in [2.24, 2.45) is 0 Å². The second kappa shape index (κ2) is 8.05. The van der Waals surface area contributed by atoms with Crippen LogP contribution in [0.15, 0.2) is 45.9 Å². The maximum Gasteiger partial charge on any atom is 0.291 e. The zero-order chi connectivity index (χ0) is 19.4. The zero-order valence-corrected chi connectivity index (χ0v) is 16.4. The molecule has 0 aliphatic heterocycles. The first-order chi connectivity index (χ1) is 12.1. The molecule has 1 heterocycles. The number of anilines is 1. The Balaban J connectivity index is 2.06. The molecule has 1 amide bonds. The fourth-order valence-corrected chi connectivity index (χ4v) is 3.72. The molecule has 2 rings (SSSR count). The van der Waals surface area contributed by atoms with Gasteiger partial charge in [-0.05, 0) is 63.4 Å². The molecule has 0 aliphatic carbocycles. The molecule has 0 aliphatic rings. The highest BCUT2D eigenvalue weighted by molar-refractivity contribution is 7.89. The largest absolute Gasteiger partial charge is 0.438 e.